The Labute approximate surface area is 138 Å². The predicted octanol–water partition coefficient (Wildman–Crippen LogP) is 3.74. The molecule has 0 radical (unpaired) electrons. The van der Waals surface area contributed by atoms with Crippen LogP contribution in [0.25, 0.3) is 0 Å². The lowest BCUT2D eigenvalue weighted by atomic mass is 9.97. The molecule has 2 aromatic rings. The van der Waals surface area contributed by atoms with E-state index < -0.39 is 0 Å². The molecule has 0 saturated carbocycles. The zero-order valence-corrected chi connectivity index (χ0v) is 13.5. The third-order valence-electron chi connectivity index (χ3n) is 4.64. The van der Waals surface area contributed by atoms with Crippen LogP contribution in [-0.4, -0.2) is 31.2 Å². The average molecular weight is 306 g/mol. The first-order valence-electron chi connectivity index (χ1n) is 8.14. The van der Waals surface area contributed by atoms with Crippen molar-refractivity contribution >= 4 is 0 Å². The molecule has 3 rings (SSSR count). The number of hydrogen-bond acceptors (Lipinski definition) is 3. The van der Waals surface area contributed by atoms with Crippen LogP contribution >= 0.6 is 0 Å². The number of benzene rings is 2. The molecule has 1 saturated heterocycles. The van der Waals surface area contributed by atoms with Crippen molar-refractivity contribution < 1.29 is 4.74 Å². The summed E-state index contributed by atoms with van der Waals surface area (Å²) in [7, 11) is 0. The molecule has 2 atom stereocenters. The van der Waals surface area contributed by atoms with Crippen molar-refractivity contribution in [3.8, 4) is 6.07 Å². The molecule has 2 aromatic carbocycles. The van der Waals surface area contributed by atoms with Gasteiger partial charge < -0.3 is 4.74 Å². The van der Waals surface area contributed by atoms with Crippen molar-refractivity contribution in [3.05, 3.63) is 71.3 Å². The Morgan fingerprint density at radius 1 is 1.13 bits per heavy atom. The summed E-state index contributed by atoms with van der Waals surface area (Å²) in [5, 5.41) is 8.94. The first-order chi connectivity index (χ1) is 11.3. The van der Waals surface area contributed by atoms with Gasteiger partial charge in [-0.15, -0.1) is 0 Å². The van der Waals surface area contributed by atoms with E-state index in [1.807, 2.05) is 12.1 Å². The molecular weight excluding hydrogens is 284 g/mol. The number of hydrogen-bond donors (Lipinski definition) is 0. The molecule has 3 nitrogen and oxygen atoms in total. The summed E-state index contributed by atoms with van der Waals surface area (Å²) >= 11 is 0. The highest BCUT2D eigenvalue weighted by Crippen LogP contribution is 2.27. The largest absolute Gasteiger partial charge is 0.379 e. The molecule has 1 aliphatic rings. The lowest BCUT2D eigenvalue weighted by molar-refractivity contribution is 0.130. The Morgan fingerprint density at radius 2 is 1.87 bits per heavy atom. The third-order valence-corrected chi connectivity index (χ3v) is 4.64. The smallest absolute Gasteiger partial charge is 0.0991 e. The van der Waals surface area contributed by atoms with Gasteiger partial charge in [-0.3, -0.25) is 4.90 Å². The minimum absolute atomic E-state index is 0.344. The van der Waals surface area contributed by atoms with Gasteiger partial charge in [0.05, 0.1) is 24.8 Å². The van der Waals surface area contributed by atoms with Gasteiger partial charge in [0.25, 0.3) is 0 Å². The van der Waals surface area contributed by atoms with Gasteiger partial charge in [0, 0.05) is 25.0 Å². The first-order valence-corrected chi connectivity index (χ1v) is 8.14. The van der Waals surface area contributed by atoms with Crippen LogP contribution in [0.2, 0.25) is 0 Å². The fraction of sp³-hybridized carbons (Fsp3) is 0.350. The van der Waals surface area contributed by atoms with Crippen LogP contribution in [0.3, 0.4) is 0 Å². The lowest BCUT2D eigenvalue weighted by Gasteiger charge is -2.30. The van der Waals surface area contributed by atoms with Gasteiger partial charge in [-0.2, -0.15) is 5.26 Å². The second-order valence-electron chi connectivity index (χ2n) is 6.09. The van der Waals surface area contributed by atoms with Gasteiger partial charge in [0.15, 0.2) is 0 Å². The summed E-state index contributed by atoms with van der Waals surface area (Å²) in [6, 6.07) is 21.1. The van der Waals surface area contributed by atoms with Crippen LogP contribution in [0.5, 0.6) is 0 Å². The Kier molecular flexibility index (Phi) is 5.07. The molecule has 0 spiro atoms. The van der Waals surface area contributed by atoms with Crippen molar-refractivity contribution in [2.24, 2.45) is 0 Å². The van der Waals surface area contributed by atoms with Crippen molar-refractivity contribution in [2.75, 3.05) is 26.3 Å². The van der Waals surface area contributed by atoms with Crippen molar-refractivity contribution in [3.63, 3.8) is 0 Å². The van der Waals surface area contributed by atoms with Gasteiger partial charge in [-0.25, -0.2) is 0 Å². The van der Waals surface area contributed by atoms with Gasteiger partial charge in [-0.1, -0.05) is 42.5 Å². The van der Waals surface area contributed by atoms with E-state index in [2.05, 4.69) is 60.4 Å². The minimum atomic E-state index is 0.344. The van der Waals surface area contributed by atoms with Crippen molar-refractivity contribution in [1.29, 1.82) is 5.26 Å². The van der Waals surface area contributed by atoms with Gasteiger partial charge in [0.2, 0.25) is 0 Å². The first kappa shape index (κ1) is 15.7. The van der Waals surface area contributed by atoms with Crippen LogP contribution < -0.4 is 0 Å². The molecule has 0 aromatic heterocycles. The molecule has 23 heavy (non-hydrogen) atoms. The van der Waals surface area contributed by atoms with Gasteiger partial charge in [-0.05, 0) is 30.2 Å². The molecule has 0 bridgehead atoms. The van der Waals surface area contributed by atoms with Crippen LogP contribution in [0, 0.1) is 11.3 Å². The van der Waals surface area contributed by atoms with E-state index in [1.165, 1.54) is 11.1 Å². The fourth-order valence-electron chi connectivity index (χ4n) is 3.16. The highest BCUT2D eigenvalue weighted by atomic mass is 16.5. The summed E-state index contributed by atoms with van der Waals surface area (Å²) in [6.45, 7) is 5.69. The minimum Gasteiger partial charge on any atom is -0.379 e. The maximum Gasteiger partial charge on any atom is 0.0991 e. The Morgan fingerprint density at radius 3 is 2.57 bits per heavy atom. The molecule has 1 fully saturated rings. The maximum absolute atomic E-state index is 8.94. The highest BCUT2D eigenvalue weighted by Gasteiger charge is 2.24. The molecule has 1 unspecified atom stereocenters. The van der Waals surface area contributed by atoms with E-state index in [1.54, 1.807) is 0 Å². The van der Waals surface area contributed by atoms with Gasteiger partial charge >= 0.3 is 0 Å². The quantitative estimate of drug-likeness (QED) is 0.867. The van der Waals surface area contributed by atoms with E-state index in [-0.39, 0.29) is 0 Å². The topological polar surface area (TPSA) is 36.3 Å². The van der Waals surface area contributed by atoms with E-state index in [4.69, 9.17) is 10.00 Å². The summed E-state index contributed by atoms with van der Waals surface area (Å²) in [4.78, 5) is 2.49. The summed E-state index contributed by atoms with van der Waals surface area (Å²) in [6.07, 6.45) is 0. The average Bonchev–Trinajstić information content (AvgIpc) is 2.88. The molecule has 118 valence electrons. The van der Waals surface area contributed by atoms with E-state index in [9.17, 15) is 0 Å². The van der Waals surface area contributed by atoms with Gasteiger partial charge in [0.1, 0.15) is 0 Å². The van der Waals surface area contributed by atoms with Crippen molar-refractivity contribution in [2.45, 2.75) is 18.9 Å². The van der Waals surface area contributed by atoms with E-state index in [0.717, 1.165) is 26.3 Å². The summed E-state index contributed by atoms with van der Waals surface area (Å²) in [5.74, 6) is 0.344. The zero-order valence-electron chi connectivity index (χ0n) is 13.5. The monoisotopic (exact) mass is 306 g/mol. The lowest BCUT2D eigenvalue weighted by Crippen LogP contribution is -2.32. The second kappa shape index (κ2) is 7.41. The van der Waals surface area contributed by atoms with Crippen LogP contribution in [0.1, 0.15) is 35.6 Å². The molecule has 0 N–H and O–H groups in total. The molecular formula is C20H22N2O. The van der Waals surface area contributed by atoms with Crippen molar-refractivity contribution in [1.82, 2.24) is 4.90 Å². The Bertz CT molecular complexity index is 660. The number of nitriles is 1. The second-order valence-corrected chi connectivity index (χ2v) is 6.09. The Hall–Kier alpha value is -2.15. The zero-order chi connectivity index (χ0) is 16.1. The van der Waals surface area contributed by atoms with Crippen LogP contribution in [-0.2, 0) is 4.74 Å². The summed E-state index contributed by atoms with van der Waals surface area (Å²) in [5.41, 5.74) is 3.29. The number of rotatable bonds is 3. The molecule has 3 heteroatoms. The highest BCUT2D eigenvalue weighted by molar-refractivity contribution is 5.33. The third kappa shape index (κ3) is 3.79. The number of nitrogens with zero attached hydrogens (tertiary/aromatic N) is 2. The predicted molar refractivity (Wildman–Crippen MR) is 91.1 cm³/mol. The van der Waals surface area contributed by atoms with Crippen LogP contribution in [0.15, 0.2) is 54.6 Å². The molecule has 0 aliphatic carbocycles. The summed E-state index contributed by atoms with van der Waals surface area (Å²) < 4.78 is 5.83. The maximum atomic E-state index is 8.94. The number of ether oxygens (including phenoxy) is 1. The molecule has 1 aliphatic heterocycles. The SMILES string of the molecule is C[C@H](c1ccccc1)N1CCOCC(c2ccc(C#N)cc2)C1. The Balaban J connectivity index is 1.76. The normalized spacial score (nSPS) is 20.4. The van der Waals surface area contributed by atoms with Crippen LogP contribution in [0.4, 0.5) is 0 Å². The molecule has 1 heterocycles. The van der Waals surface area contributed by atoms with E-state index >= 15 is 0 Å². The standard InChI is InChI=1S/C20H22N2O/c1-16(18-5-3-2-4-6-18)22-11-12-23-15-20(14-22)19-9-7-17(13-21)8-10-19/h2-10,16,20H,11-12,14-15H2,1H3/t16-,20?/m1/s1. The van der Waals surface area contributed by atoms with E-state index in [0.29, 0.717) is 17.5 Å². The fourth-order valence-corrected chi connectivity index (χ4v) is 3.16. The molecule has 0 amide bonds.